The minimum absolute atomic E-state index is 0.0168. The molecule has 0 bridgehead atoms. The van der Waals surface area contributed by atoms with E-state index in [4.69, 9.17) is 0 Å². The van der Waals surface area contributed by atoms with Gasteiger partial charge in [-0.1, -0.05) is 43.0 Å². The molecule has 0 atom stereocenters. The van der Waals surface area contributed by atoms with Crippen molar-refractivity contribution in [3.8, 4) is 5.75 Å². The molecule has 2 nitrogen and oxygen atoms in total. The molecule has 0 amide bonds. The smallest absolute Gasteiger partial charge is 0.197 e. The van der Waals surface area contributed by atoms with Crippen molar-refractivity contribution in [2.75, 3.05) is 0 Å². The van der Waals surface area contributed by atoms with Gasteiger partial charge in [0.15, 0.2) is 5.78 Å². The highest BCUT2D eigenvalue weighted by atomic mass is 16.3. The SMILES string of the molecule is C=C1c2ccccc2C(=O)c2c(O)cccc21. The predicted octanol–water partition coefficient (Wildman–Crippen LogP) is 3.00. The Balaban J connectivity index is 2.37. The topological polar surface area (TPSA) is 37.3 Å². The Morgan fingerprint density at radius 3 is 2.29 bits per heavy atom. The maximum atomic E-state index is 12.3. The average molecular weight is 222 g/mol. The normalized spacial score (nSPS) is 13.2. The first-order chi connectivity index (χ1) is 8.20. The van der Waals surface area contributed by atoms with Crippen LogP contribution in [0.25, 0.3) is 5.57 Å². The zero-order chi connectivity index (χ0) is 12.0. The van der Waals surface area contributed by atoms with Gasteiger partial charge in [0.2, 0.25) is 0 Å². The molecule has 0 spiro atoms. The number of rotatable bonds is 0. The van der Waals surface area contributed by atoms with Gasteiger partial charge in [0.1, 0.15) is 5.75 Å². The van der Waals surface area contributed by atoms with E-state index in [1.165, 1.54) is 6.07 Å². The summed E-state index contributed by atoms with van der Waals surface area (Å²) in [5, 5.41) is 9.81. The second-order valence-electron chi connectivity index (χ2n) is 4.05. The summed E-state index contributed by atoms with van der Waals surface area (Å²) in [6.07, 6.45) is 0. The summed E-state index contributed by atoms with van der Waals surface area (Å²) in [7, 11) is 0. The summed E-state index contributed by atoms with van der Waals surface area (Å²) in [6.45, 7) is 4.01. The van der Waals surface area contributed by atoms with Crippen LogP contribution in [0.4, 0.5) is 0 Å². The molecule has 1 N–H and O–H groups in total. The minimum atomic E-state index is -0.138. The molecule has 2 heteroatoms. The van der Waals surface area contributed by atoms with E-state index in [0.717, 1.165) is 11.1 Å². The highest BCUT2D eigenvalue weighted by molar-refractivity contribution is 6.19. The van der Waals surface area contributed by atoms with Gasteiger partial charge in [-0.3, -0.25) is 4.79 Å². The van der Waals surface area contributed by atoms with E-state index in [-0.39, 0.29) is 11.5 Å². The lowest BCUT2D eigenvalue weighted by atomic mass is 9.82. The van der Waals surface area contributed by atoms with Crippen molar-refractivity contribution in [1.82, 2.24) is 0 Å². The summed E-state index contributed by atoms with van der Waals surface area (Å²) in [5.41, 5.74) is 3.30. The number of fused-ring (bicyclic) bond motifs is 2. The molecule has 2 aromatic carbocycles. The molecule has 2 aromatic rings. The molecule has 0 aromatic heterocycles. The molecule has 0 saturated heterocycles. The van der Waals surface area contributed by atoms with Crippen molar-refractivity contribution < 1.29 is 9.90 Å². The fourth-order valence-electron chi connectivity index (χ4n) is 2.25. The molecule has 0 unspecified atom stereocenters. The van der Waals surface area contributed by atoms with Gasteiger partial charge >= 0.3 is 0 Å². The van der Waals surface area contributed by atoms with Crippen molar-refractivity contribution in [2.24, 2.45) is 0 Å². The fraction of sp³-hybridized carbons (Fsp3) is 0. The first-order valence-corrected chi connectivity index (χ1v) is 5.35. The summed E-state index contributed by atoms with van der Waals surface area (Å²) in [4.78, 5) is 12.3. The molecule has 0 saturated carbocycles. The zero-order valence-electron chi connectivity index (χ0n) is 9.10. The zero-order valence-corrected chi connectivity index (χ0v) is 9.10. The molecule has 17 heavy (non-hydrogen) atoms. The van der Waals surface area contributed by atoms with E-state index in [2.05, 4.69) is 6.58 Å². The van der Waals surface area contributed by atoms with Crippen molar-refractivity contribution in [1.29, 1.82) is 0 Å². The number of aromatic hydroxyl groups is 1. The van der Waals surface area contributed by atoms with Crippen LogP contribution in [0, 0.1) is 0 Å². The molecule has 1 aliphatic carbocycles. The van der Waals surface area contributed by atoms with Crippen LogP contribution in [0.5, 0.6) is 5.75 Å². The van der Waals surface area contributed by atoms with Crippen molar-refractivity contribution in [3.05, 3.63) is 71.3 Å². The lowest BCUT2D eigenvalue weighted by Crippen LogP contribution is -2.13. The first kappa shape index (κ1) is 9.85. The number of phenolic OH excluding ortho intramolecular Hbond substituents is 1. The number of carbonyl (C=O) groups is 1. The molecule has 0 aliphatic heterocycles. The molecule has 1 aliphatic rings. The fourth-order valence-corrected chi connectivity index (χ4v) is 2.25. The third-order valence-electron chi connectivity index (χ3n) is 3.09. The Morgan fingerprint density at radius 1 is 0.882 bits per heavy atom. The Hall–Kier alpha value is -2.35. The van der Waals surface area contributed by atoms with Gasteiger partial charge in [0.25, 0.3) is 0 Å². The number of ketones is 1. The lowest BCUT2D eigenvalue weighted by molar-refractivity contribution is 0.103. The molecule has 3 rings (SSSR count). The Labute approximate surface area is 98.8 Å². The Bertz CT molecular complexity index is 654. The van der Waals surface area contributed by atoms with Gasteiger partial charge in [-0.05, 0) is 22.8 Å². The van der Waals surface area contributed by atoms with E-state index in [1.54, 1.807) is 12.1 Å². The number of phenols is 1. The molecule has 0 fully saturated rings. The lowest BCUT2D eigenvalue weighted by Gasteiger charge is -2.21. The Morgan fingerprint density at radius 2 is 1.53 bits per heavy atom. The number of carbonyl (C=O) groups excluding carboxylic acids is 1. The van der Waals surface area contributed by atoms with Crippen molar-refractivity contribution in [3.63, 3.8) is 0 Å². The minimum Gasteiger partial charge on any atom is -0.507 e. The van der Waals surface area contributed by atoms with Crippen LogP contribution in [-0.2, 0) is 0 Å². The largest absolute Gasteiger partial charge is 0.507 e. The average Bonchev–Trinajstić information content (AvgIpc) is 2.36. The van der Waals surface area contributed by atoms with Crippen LogP contribution in [0.1, 0.15) is 27.0 Å². The molecule has 82 valence electrons. The third-order valence-corrected chi connectivity index (χ3v) is 3.09. The van der Waals surface area contributed by atoms with Crippen LogP contribution in [0.15, 0.2) is 49.0 Å². The van der Waals surface area contributed by atoms with Gasteiger partial charge in [0, 0.05) is 5.56 Å². The van der Waals surface area contributed by atoms with E-state index < -0.39 is 0 Å². The van der Waals surface area contributed by atoms with Crippen LogP contribution in [0.3, 0.4) is 0 Å². The summed E-state index contributed by atoms with van der Waals surface area (Å²) in [5.74, 6) is -0.121. The molecule has 0 heterocycles. The summed E-state index contributed by atoms with van der Waals surface area (Å²) < 4.78 is 0. The second-order valence-corrected chi connectivity index (χ2v) is 4.05. The summed E-state index contributed by atoms with van der Waals surface area (Å²) >= 11 is 0. The van der Waals surface area contributed by atoms with Gasteiger partial charge in [-0.2, -0.15) is 0 Å². The molecule has 0 radical (unpaired) electrons. The van der Waals surface area contributed by atoms with Gasteiger partial charge < -0.3 is 5.11 Å². The van der Waals surface area contributed by atoms with Gasteiger partial charge in [-0.15, -0.1) is 0 Å². The Kier molecular flexibility index (Phi) is 1.92. The van der Waals surface area contributed by atoms with Crippen LogP contribution in [-0.4, -0.2) is 10.9 Å². The maximum absolute atomic E-state index is 12.3. The number of benzene rings is 2. The summed E-state index contributed by atoms with van der Waals surface area (Å²) in [6, 6.07) is 12.4. The van der Waals surface area contributed by atoms with Crippen LogP contribution >= 0.6 is 0 Å². The van der Waals surface area contributed by atoms with Crippen molar-refractivity contribution >= 4 is 11.4 Å². The third kappa shape index (κ3) is 1.24. The highest BCUT2D eigenvalue weighted by Crippen LogP contribution is 2.38. The predicted molar refractivity (Wildman–Crippen MR) is 66.1 cm³/mol. The van der Waals surface area contributed by atoms with E-state index in [0.29, 0.717) is 16.7 Å². The molecular weight excluding hydrogens is 212 g/mol. The van der Waals surface area contributed by atoms with Crippen LogP contribution in [0.2, 0.25) is 0 Å². The monoisotopic (exact) mass is 222 g/mol. The number of hydrogen-bond acceptors (Lipinski definition) is 2. The molecular formula is C15H10O2. The standard InChI is InChI=1S/C15H10O2/c1-9-10-5-2-3-6-12(10)15(17)14-11(9)7-4-8-13(14)16/h2-8,16H,1H2. The van der Waals surface area contributed by atoms with Crippen molar-refractivity contribution in [2.45, 2.75) is 0 Å². The second kappa shape index (κ2) is 3.32. The van der Waals surface area contributed by atoms with Crippen LogP contribution < -0.4 is 0 Å². The van der Waals surface area contributed by atoms with Gasteiger partial charge in [-0.25, -0.2) is 0 Å². The number of hydrogen-bond donors (Lipinski definition) is 1. The van der Waals surface area contributed by atoms with Gasteiger partial charge in [0.05, 0.1) is 5.56 Å². The van der Waals surface area contributed by atoms with E-state index >= 15 is 0 Å². The first-order valence-electron chi connectivity index (χ1n) is 5.35. The highest BCUT2D eigenvalue weighted by Gasteiger charge is 2.27. The van der Waals surface area contributed by atoms with E-state index in [1.807, 2.05) is 24.3 Å². The quantitative estimate of drug-likeness (QED) is 0.634. The van der Waals surface area contributed by atoms with E-state index in [9.17, 15) is 9.90 Å². The maximum Gasteiger partial charge on any atom is 0.197 e.